The number of benzene rings is 1. The Hall–Kier alpha value is -1.55. The zero-order valence-corrected chi connectivity index (χ0v) is 11.5. The van der Waals surface area contributed by atoms with Crippen LogP contribution in [-0.4, -0.2) is 17.9 Å². The predicted octanol–water partition coefficient (Wildman–Crippen LogP) is 2.18. The maximum Gasteiger partial charge on any atom is 0.257 e. The van der Waals surface area contributed by atoms with Crippen molar-refractivity contribution in [1.29, 1.82) is 0 Å². The van der Waals surface area contributed by atoms with Crippen molar-refractivity contribution in [3.63, 3.8) is 0 Å². The van der Waals surface area contributed by atoms with Gasteiger partial charge in [0.2, 0.25) is 0 Å². The standard InChI is InChI=1S/C14H16ClN3O/c1-2-14(9-4-3-5-10(15)8-9)12(19)17-13(18-14)16-11-6-7-11/h3-5,8,11H,2,6-7H2,1H3,(H2,16,17,18,19). The van der Waals surface area contributed by atoms with E-state index in [4.69, 9.17) is 11.6 Å². The molecule has 2 fully saturated rings. The van der Waals surface area contributed by atoms with Gasteiger partial charge in [0.15, 0.2) is 5.96 Å². The largest absolute Gasteiger partial charge is 0.338 e. The second-order valence-corrected chi connectivity index (χ2v) is 5.49. The molecule has 1 aliphatic carbocycles. The van der Waals surface area contributed by atoms with Gasteiger partial charge < -0.3 is 5.32 Å². The second-order valence-electron chi connectivity index (χ2n) is 5.06. The smallest absolute Gasteiger partial charge is 0.257 e. The third kappa shape index (κ3) is 2.21. The van der Waals surface area contributed by atoms with E-state index in [1.54, 1.807) is 6.07 Å². The van der Waals surface area contributed by atoms with Gasteiger partial charge in [0.05, 0.1) is 6.04 Å². The third-order valence-corrected chi connectivity index (χ3v) is 3.89. The van der Waals surface area contributed by atoms with Crippen molar-refractivity contribution in [3.05, 3.63) is 34.9 Å². The molecule has 19 heavy (non-hydrogen) atoms. The summed E-state index contributed by atoms with van der Waals surface area (Å²) < 4.78 is 0. The number of nitrogens with one attached hydrogen (secondary N) is 2. The van der Waals surface area contributed by atoms with Gasteiger partial charge in [-0.15, -0.1) is 0 Å². The molecule has 2 N–H and O–H groups in total. The number of amides is 1. The zero-order chi connectivity index (χ0) is 13.5. The monoisotopic (exact) mass is 277 g/mol. The van der Waals surface area contributed by atoms with Gasteiger partial charge in [-0.1, -0.05) is 30.7 Å². The normalized spacial score (nSPS) is 28.3. The van der Waals surface area contributed by atoms with Crippen LogP contribution in [0.15, 0.2) is 29.3 Å². The Balaban J connectivity index is 1.96. The van der Waals surface area contributed by atoms with Gasteiger partial charge in [0.25, 0.3) is 5.91 Å². The van der Waals surface area contributed by atoms with Crippen LogP contribution in [0, 0.1) is 0 Å². The number of carbonyl (C=O) groups is 1. The Kier molecular flexibility index (Phi) is 2.97. The number of hydrogen-bond donors (Lipinski definition) is 2. The molecule has 5 heteroatoms. The molecule has 1 unspecified atom stereocenters. The van der Waals surface area contributed by atoms with Crippen molar-refractivity contribution in [1.82, 2.24) is 10.6 Å². The van der Waals surface area contributed by atoms with Gasteiger partial charge in [-0.05, 0) is 37.0 Å². The maximum atomic E-state index is 12.4. The van der Waals surface area contributed by atoms with E-state index >= 15 is 0 Å². The highest BCUT2D eigenvalue weighted by molar-refractivity contribution is 6.30. The van der Waals surface area contributed by atoms with Gasteiger partial charge in [-0.25, -0.2) is 4.99 Å². The van der Waals surface area contributed by atoms with E-state index in [-0.39, 0.29) is 5.91 Å². The highest BCUT2D eigenvalue weighted by atomic mass is 35.5. The first kappa shape index (κ1) is 12.5. The van der Waals surface area contributed by atoms with Gasteiger partial charge >= 0.3 is 0 Å². The Labute approximate surface area is 117 Å². The summed E-state index contributed by atoms with van der Waals surface area (Å²) in [6, 6.07) is 7.79. The molecular formula is C14H16ClN3O. The fourth-order valence-electron chi connectivity index (χ4n) is 2.37. The number of nitrogens with zero attached hydrogens (tertiary/aromatic N) is 1. The molecule has 0 radical (unpaired) electrons. The van der Waals surface area contributed by atoms with Crippen molar-refractivity contribution in [2.45, 2.75) is 37.8 Å². The molecule has 1 aliphatic heterocycles. The predicted molar refractivity (Wildman–Crippen MR) is 75.2 cm³/mol. The summed E-state index contributed by atoms with van der Waals surface area (Å²) in [6.07, 6.45) is 2.86. The highest BCUT2D eigenvalue weighted by Gasteiger charge is 2.45. The molecule has 0 aromatic heterocycles. The fourth-order valence-corrected chi connectivity index (χ4v) is 2.56. The quantitative estimate of drug-likeness (QED) is 0.890. The van der Waals surface area contributed by atoms with E-state index in [9.17, 15) is 4.79 Å². The molecule has 1 atom stereocenters. The van der Waals surface area contributed by atoms with Crippen LogP contribution in [0.3, 0.4) is 0 Å². The molecule has 2 aliphatic rings. The van der Waals surface area contributed by atoms with Gasteiger partial charge in [0, 0.05) is 5.02 Å². The lowest BCUT2D eigenvalue weighted by Gasteiger charge is -2.25. The SMILES string of the molecule is CCC1(c2cccc(Cl)c2)NC(=NC2CC2)NC1=O. The van der Waals surface area contributed by atoms with Crippen molar-refractivity contribution in [3.8, 4) is 0 Å². The van der Waals surface area contributed by atoms with Gasteiger partial charge in [-0.2, -0.15) is 0 Å². The van der Waals surface area contributed by atoms with E-state index in [0.717, 1.165) is 18.4 Å². The van der Waals surface area contributed by atoms with Crippen LogP contribution in [0.4, 0.5) is 0 Å². The molecule has 100 valence electrons. The summed E-state index contributed by atoms with van der Waals surface area (Å²) in [4.78, 5) is 16.8. The molecular weight excluding hydrogens is 262 g/mol. The molecule has 1 saturated carbocycles. The number of carbonyl (C=O) groups excluding carboxylic acids is 1. The Morgan fingerprint density at radius 2 is 2.26 bits per heavy atom. The van der Waals surface area contributed by atoms with Gasteiger partial charge in [0.1, 0.15) is 5.54 Å². The van der Waals surface area contributed by atoms with E-state index in [0.29, 0.717) is 23.4 Å². The first-order chi connectivity index (χ1) is 9.14. The number of aliphatic imine (C=N–C) groups is 1. The van der Waals surface area contributed by atoms with E-state index in [2.05, 4.69) is 15.6 Å². The molecule has 1 saturated heterocycles. The van der Waals surface area contributed by atoms with Crippen molar-refractivity contribution < 1.29 is 4.79 Å². The van der Waals surface area contributed by atoms with E-state index < -0.39 is 5.54 Å². The summed E-state index contributed by atoms with van der Waals surface area (Å²) in [5.41, 5.74) is 0.125. The summed E-state index contributed by atoms with van der Waals surface area (Å²) in [6.45, 7) is 1.98. The van der Waals surface area contributed by atoms with Crippen molar-refractivity contribution >= 4 is 23.5 Å². The topological polar surface area (TPSA) is 53.5 Å². The van der Waals surface area contributed by atoms with E-state index in [1.165, 1.54) is 0 Å². The molecule has 3 rings (SSSR count). The van der Waals surface area contributed by atoms with Crippen LogP contribution >= 0.6 is 11.6 Å². The summed E-state index contributed by atoms with van der Waals surface area (Å²) in [7, 11) is 0. The molecule has 4 nitrogen and oxygen atoms in total. The number of guanidine groups is 1. The van der Waals surface area contributed by atoms with Crippen molar-refractivity contribution in [2.75, 3.05) is 0 Å². The lowest BCUT2D eigenvalue weighted by atomic mass is 9.87. The minimum Gasteiger partial charge on any atom is -0.338 e. The lowest BCUT2D eigenvalue weighted by Crippen LogP contribution is -2.43. The summed E-state index contributed by atoms with van der Waals surface area (Å²) >= 11 is 6.03. The van der Waals surface area contributed by atoms with Crippen molar-refractivity contribution in [2.24, 2.45) is 4.99 Å². The molecule has 1 amide bonds. The lowest BCUT2D eigenvalue weighted by molar-refractivity contribution is -0.124. The van der Waals surface area contributed by atoms with Gasteiger partial charge in [-0.3, -0.25) is 10.1 Å². The van der Waals surface area contributed by atoms with Crippen LogP contribution in [0.2, 0.25) is 5.02 Å². The fraction of sp³-hybridized carbons (Fsp3) is 0.429. The highest BCUT2D eigenvalue weighted by Crippen LogP contribution is 2.31. The number of hydrogen-bond acceptors (Lipinski definition) is 2. The Bertz CT molecular complexity index is 553. The maximum absolute atomic E-state index is 12.4. The third-order valence-electron chi connectivity index (χ3n) is 3.66. The minimum atomic E-state index is -0.751. The molecule has 1 aromatic rings. The van der Waals surface area contributed by atoms with Crippen LogP contribution in [0.25, 0.3) is 0 Å². The van der Waals surface area contributed by atoms with E-state index in [1.807, 2.05) is 25.1 Å². The molecule has 1 heterocycles. The van der Waals surface area contributed by atoms with Crippen LogP contribution < -0.4 is 10.6 Å². The molecule has 0 spiro atoms. The second kappa shape index (κ2) is 4.53. The Morgan fingerprint density at radius 1 is 1.47 bits per heavy atom. The number of halogens is 1. The Morgan fingerprint density at radius 3 is 2.89 bits per heavy atom. The first-order valence-corrected chi connectivity index (χ1v) is 6.95. The zero-order valence-electron chi connectivity index (χ0n) is 10.7. The van der Waals surface area contributed by atoms with Crippen LogP contribution in [-0.2, 0) is 10.3 Å². The van der Waals surface area contributed by atoms with Crippen LogP contribution in [0.1, 0.15) is 31.7 Å². The van der Waals surface area contributed by atoms with Crippen LogP contribution in [0.5, 0.6) is 0 Å². The molecule has 1 aromatic carbocycles. The summed E-state index contributed by atoms with van der Waals surface area (Å²) in [5.74, 6) is 0.533. The molecule has 0 bridgehead atoms. The minimum absolute atomic E-state index is 0.0586. The average molecular weight is 278 g/mol. The first-order valence-electron chi connectivity index (χ1n) is 6.57. The number of rotatable bonds is 3. The summed E-state index contributed by atoms with van der Waals surface area (Å²) in [5, 5.41) is 6.72. The average Bonchev–Trinajstić information content (AvgIpc) is 3.13.